The quantitative estimate of drug-likeness (QED) is 0.638. The van der Waals surface area contributed by atoms with Crippen LogP contribution in [0, 0.1) is 6.92 Å². The number of carbonyl (C=O) groups is 3. The fourth-order valence-electron chi connectivity index (χ4n) is 2.68. The second-order valence-corrected chi connectivity index (χ2v) is 6.06. The number of amides is 1. The Labute approximate surface area is 151 Å². The number of hydrogen-bond acceptors (Lipinski definition) is 5. The van der Waals surface area contributed by atoms with Gasteiger partial charge in [-0.3, -0.25) is 9.59 Å². The van der Waals surface area contributed by atoms with E-state index < -0.39 is 5.97 Å². The van der Waals surface area contributed by atoms with E-state index in [-0.39, 0.29) is 24.9 Å². The van der Waals surface area contributed by atoms with Gasteiger partial charge in [-0.2, -0.15) is 0 Å². The summed E-state index contributed by atoms with van der Waals surface area (Å²) in [4.78, 5) is 35.4. The maximum absolute atomic E-state index is 12.2. The van der Waals surface area contributed by atoms with Crippen molar-refractivity contribution in [3.8, 4) is 5.75 Å². The smallest absolute Gasteiger partial charge is 0.344 e. The topological polar surface area (TPSA) is 81.7 Å². The highest BCUT2D eigenvalue weighted by Crippen LogP contribution is 2.23. The normalized spacial score (nSPS) is 12.7. The summed E-state index contributed by atoms with van der Waals surface area (Å²) in [6, 6.07) is 12.4. The van der Waals surface area contributed by atoms with Crippen LogP contribution in [0.15, 0.2) is 42.5 Å². The van der Waals surface area contributed by atoms with Gasteiger partial charge in [0.25, 0.3) is 0 Å². The summed E-state index contributed by atoms with van der Waals surface area (Å²) in [7, 11) is 0. The van der Waals surface area contributed by atoms with E-state index in [4.69, 9.17) is 9.47 Å². The van der Waals surface area contributed by atoms with Crippen molar-refractivity contribution in [2.75, 3.05) is 18.5 Å². The molecular formula is C20H19NO5. The Kier molecular flexibility index (Phi) is 5.31. The minimum atomic E-state index is -0.605. The molecule has 1 aliphatic rings. The predicted molar refractivity (Wildman–Crippen MR) is 95.4 cm³/mol. The van der Waals surface area contributed by atoms with Gasteiger partial charge in [0.2, 0.25) is 5.91 Å². The lowest BCUT2D eigenvalue weighted by molar-refractivity contribution is -0.144. The molecule has 0 radical (unpaired) electrons. The van der Waals surface area contributed by atoms with Gasteiger partial charge in [-0.05, 0) is 48.7 Å². The second-order valence-electron chi connectivity index (χ2n) is 6.06. The Bertz CT molecular complexity index is 859. The molecule has 1 aliphatic heterocycles. The number of rotatable bonds is 6. The number of hydrogen-bond donors (Lipinski definition) is 1. The average molecular weight is 353 g/mol. The molecule has 1 N–H and O–H groups in total. The molecule has 0 atom stereocenters. The molecule has 0 saturated heterocycles. The summed E-state index contributed by atoms with van der Waals surface area (Å²) < 4.78 is 10.4. The van der Waals surface area contributed by atoms with Gasteiger partial charge in [-0.15, -0.1) is 0 Å². The molecule has 2 aromatic rings. The Morgan fingerprint density at radius 3 is 2.69 bits per heavy atom. The van der Waals surface area contributed by atoms with Crippen molar-refractivity contribution in [2.24, 2.45) is 0 Å². The van der Waals surface area contributed by atoms with Crippen LogP contribution in [0.3, 0.4) is 0 Å². The fraction of sp³-hybridized carbons (Fsp3) is 0.250. The summed E-state index contributed by atoms with van der Waals surface area (Å²) in [5.41, 5.74) is 3.00. The predicted octanol–water partition coefficient (Wildman–Crippen LogP) is 2.68. The number of para-hydroxylation sites is 1. The first-order chi connectivity index (χ1) is 12.5. The monoisotopic (exact) mass is 353 g/mol. The molecule has 2 aromatic carbocycles. The number of aryl methyl sites for hydroxylation is 2. The first-order valence-electron chi connectivity index (χ1n) is 8.33. The van der Waals surface area contributed by atoms with Crippen molar-refractivity contribution in [3.63, 3.8) is 0 Å². The number of fused-ring (bicyclic) bond motifs is 1. The van der Waals surface area contributed by atoms with Crippen molar-refractivity contribution in [1.82, 2.24) is 0 Å². The highest BCUT2D eigenvalue weighted by atomic mass is 16.6. The number of ketones is 1. The zero-order chi connectivity index (χ0) is 18.5. The van der Waals surface area contributed by atoms with Crippen LogP contribution in [0.5, 0.6) is 5.75 Å². The van der Waals surface area contributed by atoms with Gasteiger partial charge in [-0.25, -0.2) is 4.79 Å². The van der Waals surface area contributed by atoms with Crippen LogP contribution >= 0.6 is 0 Å². The van der Waals surface area contributed by atoms with Crippen LogP contribution in [-0.4, -0.2) is 30.9 Å². The number of carbonyl (C=O) groups excluding carboxylic acids is 3. The van der Waals surface area contributed by atoms with Crippen molar-refractivity contribution in [3.05, 3.63) is 59.2 Å². The molecule has 1 amide bonds. The summed E-state index contributed by atoms with van der Waals surface area (Å²) in [5.74, 6) is -0.326. The molecule has 0 fully saturated rings. The fourth-order valence-corrected chi connectivity index (χ4v) is 2.68. The zero-order valence-corrected chi connectivity index (χ0v) is 14.4. The molecule has 0 bridgehead atoms. The van der Waals surface area contributed by atoms with Gasteiger partial charge < -0.3 is 14.8 Å². The number of Topliss-reactive ketones (excluding diaryl/α,β-unsaturated/α-hetero) is 1. The molecule has 6 heteroatoms. The summed E-state index contributed by atoms with van der Waals surface area (Å²) >= 11 is 0. The van der Waals surface area contributed by atoms with Gasteiger partial charge in [0.1, 0.15) is 5.75 Å². The maximum Gasteiger partial charge on any atom is 0.344 e. The summed E-state index contributed by atoms with van der Waals surface area (Å²) in [6.07, 6.45) is 0.988. The van der Waals surface area contributed by atoms with Crippen LogP contribution in [0.1, 0.15) is 27.9 Å². The molecule has 1 heterocycles. The van der Waals surface area contributed by atoms with E-state index in [0.717, 1.165) is 16.8 Å². The lowest BCUT2D eigenvalue weighted by Crippen LogP contribution is -2.21. The van der Waals surface area contributed by atoms with Crippen LogP contribution in [0.25, 0.3) is 0 Å². The van der Waals surface area contributed by atoms with Crippen molar-refractivity contribution in [2.45, 2.75) is 19.8 Å². The van der Waals surface area contributed by atoms with Crippen LogP contribution in [0.4, 0.5) is 5.69 Å². The van der Waals surface area contributed by atoms with Crippen molar-refractivity contribution in [1.29, 1.82) is 0 Å². The maximum atomic E-state index is 12.2. The van der Waals surface area contributed by atoms with Gasteiger partial charge in [0, 0.05) is 17.7 Å². The number of anilines is 1. The average Bonchev–Trinajstić information content (AvgIpc) is 2.65. The lowest BCUT2D eigenvalue weighted by Gasteiger charge is -2.17. The Morgan fingerprint density at radius 1 is 1.08 bits per heavy atom. The third-order valence-electron chi connectivity index (χ3n) is 4.13. The largest absolute Gasteiger partial charge is 0.482 e. The molecular weight excluding hydrogens is 334 g/mol. The molecule has 0 aliphatic carbocycles. The van der Waals surface area contributed by atoms with E-state index in [1.165, 1.54) is 0 Å². The Morgan fingerprint density at radius 2 is 1.88 bits per heavy atom. The molecule has 0 aromatic heterocycles. The van der Waals surface area contributed by atoms with E-state index in [2.05, 4.69) is 5.32 Å². The zero-order valence-electron chi connectivity index (χ0n) is 14.4. The standard InChI is InChI=1S/C20H19NO5/c1-13-4-2-3-5-18(13)25-12-20(24)26-11-17(22)15-6-8-16-14(10-15)7-9-19(23)21-16/h2-6,8,10H,7,9,11-12H2,1H3,(H,21,23). The highest BCUT2D eigenvalue weighted by molar-refractivity contribution is 6.00. The van der Waals surface area contributed by atoms with Crippen LogP contribution in [-0.2, 0) is 20.7 Å². The van der Waals surface area contributed by atoms with E-state index in [9.17, 15) is 14.4 Å². The highest BCUT2D eigenvalue weighted by Gasteiger charge is 2.17. The molecule has 26 heavy (non-hydrogen) atoms. The minimum absolute atomic E-state index is 0.0286. The van der Waals surface area contributed by atoms with E-state index >= 15 is 0 Å². The minimum Gasteiger partial charge on any atom is -0.482 e. The van der Waals surface area contributed by atoms with Gasteiger partial charge >= 0.3 is 5.97 Å². The first-order valence-corrected chi connectivity index (χ1v) is 8.33. The summed E-state index contributed by atoms with van der Waals surface area (Å²) in [6.45, 7) is 1.28. The number of benzene rings is 2. The Hall–Kier alpha value is -3.15. The molecule has 6 nitrogen and oxygen atoms in total. The SMILES string of the molecule is Cc1ccccc1OCC(=O)OCC(=O)c1ccc2c(c1)CCC(=O)N2. The number of ether oxygens (including phenoxy) is 2. The Balaban J connectivity index is 1.51. The number of esters is 1. The molecule has 0 saturated carbocycles. The second kappa shape index (κ2) is 7.82. The third-order valence-corrected chi connectivity index (χ3v) is 4.13. The first kappa shape index (κ1) is 17.7. The van der Waals surface area contributed by atoms with Gasteiger partial charge in [0.15, 0.2) is 19.0 Å². The van der Waals surface area contributed by atoms with E-state index in [1.807, 2.05) is 25.1 Å². The molecule has 134 valence electrons. The lowest BCUT2D eigenvalue weighted by atomic mass is 9.99. The van der Waals surface area contributed by atoms with Gasteiger partial charge in [-0.1, -0.05) is 18.2 Å². The van der Waals surface area contributed by atoms with Crippen LogP contribution < -0.4 is 10.1 Å². The third kappa shape index (κ3) is 4.27. The van der Waals surface area contributed by atoms with Crippen LogP contribution in [0.2, 0.25) is 0 Å². The summed E-state index contributed by atoms with van der Waals surface area (Å²) in [5, 5.41) is 2.76. The van der Waals surface area contributed by atoms with E-state index in [0.29, 0.717) is 24.2 Å². The molecule has 0 spiro atoms. The van der Waals surface area contributed by atoms with Gasteiger partial charge in [0.05, 0.1) is 0 Å². The van der Waals surface area contributed by atoms with Crippen molar-refractivity contribution >= 4 is 23.3 Å². The molecule has 3 rings (SSSR count). The van der Waals surface area contributed by atoms with E-state index in [1.54, 1.807) is 24.3 Å². The van der Waals surface area contributed by atoms with Crippen molar-refractivity contribution < 1.29 is 23.9 Å². The number of nitrogens with one attached hydrogen (secondary N) is 1. The molecule has 0 unspecified atom stereocenters.